The van der Waals surface area contributed by atoms with E-state index >= 15 is 0 Å². The van der Waals surface area contributed by atoms with E-state index in [4.69, 9.17) is 0 Å². The summed E-state index contributed by atoms with van der Waals surface area (Å²) in [6.07, 6.45) is 0.895. The first-order valence-electron chi connectivity index (χ1n) is 7.78. The number of anilines is 1. The van der Waals surface area contributed by atoms with Crippen molar-refractivity contribution >= 4 is 23.2 Å². The summed E-state index contributed by atoms with van der Waals surface area (Å²) in [6.45, 7) is 4.08. The number of hydrazone groups is 1. The molecular weight excluding hydrogens is 278 g/mol. The number of nitrogens with zero attached hydrogens (tertiary/aromatic N) is 2. The van der Waals surface area contributed by atoms with E-state index in [0.717, 1.165) is 23.4 Å². The second-order valence-corrected chi connectivity index (χ2v) is 6.67. The van der Waals surface area contributed by atoms with Gasteiger partial charge in [-0.1, -0.05) is 19.9 Å². The monoisotopic (exact) mass is 297 g/mol. The fourth-order valence-electron chi connectivity index (χ4n) is 3.64. The largest absolute Gasteiger partial charge is 0.315 e. The molecule has 114 valence electrons. The van der Waals surface area contributed by atoms with Crippen LogP contribution in [0.25, 0.3) is 0 Å². The summed E-state index contributed by atoms with van der Waals surface area (Å²) < 4.78 is 0. The summed E-state index contributed by atoms with van der Waals surface area (Å²) in [5.41, 5.74) is 6.83. The molecule has 3 aliphatic rings. The van der Waals surface area contributed by atoms with Crippen LogP contribution in [0.15, 0.2) is 23.3 Å². The van der Waals surface area contributed by atoms with Crippen LogP contribution < -0.4 is 10.3 Å². The number of fused-ring (bicyclic) bond motifs is 2. The molecule has 4 unspecified atom stereocenters. The molecule has 1 aromatic rings. The zero-order valence-corrected chi connectivity index (χ0v) is 13.0. The number of amides is 2. The van der Waals surface area contributed by atoms with Gasteiger partial charge in [0.2, 0.25) is 11.8 Å². The Hall–Kier alpha value is -2.17. The van der Waals surface area contributed by atoms with Gasteiger partial charge in [-0.05, 0) is 35.6 Å². The Morgan fingerprint density at radius 1 is 1.18 bits per heavy atom. The predicted molar refractivity (Wildman–Crippen MR) is 83.7 cm³/mol. The molecule has 0 radical (unpaired) electrons. The lowest BCUT2D eigenvalue weighted by Gasteiger charge is -2.35. The van der Waals surface area contributed by atoms with Gasteiger partial charge in [0.1, 0.15) is 0 Å². The molecule has 2 aliphatic heterocycles. The van der Waals surface area contributed by atoms with Crippen molar-refractivity contribution in [3.8, 4) is 0 Å². The number of carbonyl (C=O) groups is 2. The number of benzene rings is 1. The van der Waals surface area contributed by atoms with Crippen LogP contribution in [0.5, 0.6) is 0 Å². The molecule has 4 atom stereocenters. The van der Waals surface area contributed by atoms with Gasteiger partial charge in [-0.3, -0.25) is 9.59 Å². The van der Waals surface area contributed by atoms with E-state index in [2.05, 4.69) is 23.5 Å². The highest BCUT2D eigenvalue weighted by molar-refractivity contribution is 6.10. The summed E-state index contributed by atoms with van der Waals surface area (Å²) in [5.74, 6) is 0.741. The highest BCUT2D eigenvalue weighted by Gasteiger charge is 2.49. The van der Waals surface area contributed by atoms with Gasteiger partial charge in [-0.25, -0.2) is 5.43 Å². The molecule has 4 rings (SSSR count). The maximum Gasteiger partial charge on any atom is 0.243 e. The third kappa shape index (κ3) is 1.74. The molecule has 0 bridgehead atoms. The van der Waals surface area contributed by atoms with E-state index in [1.54, 1.807) is 4.90 Å². The number of nitrogens with one attached hydrogen (secondary N) is 1. The van der Waals surface area contributed by atoms with E-state index in [-0.39, 0.29) is 35.5 Å². The van der Waals surface area contributed by atoms with Gasteiger partial charge in [-0.2, -0.15) is 5.10 Å². The van der Waals surface area contributed by atoms with Crippen molar-refractivity contribution in [2.75, 3.05) is 11.9 Å². The summed E-state index contributed by atoms with van der Waals surface area (Å²) in [4.78, 5) is 25.5. The van der Waals surface area contributed by atoms with E-state index in [1.807, 2.05) is 26.1 Å². The van der Waals surface area contributed by atoms with Crippen LogP contribution in [-0.4, -0.2) is 24.6 Å². The highest BCUT2D eigenvalue weighted by atomic mass is 16.2. The van der Waals surface area contributed by atoms with Crippen molar-refractivity contribution in [3.05, 3.63) is 29.3 Å². The Labute approximate surface area is 129 Å². The smallest absolute Gasteiger partial charge is 0.243 e. The van der Waals surface area contributed by atoms with E-state index in [9.17, 15) is 9.59 Å². The first-order valence-corrected chi connectivity index (χ1v) is 7.78. The Kier molecular flexibility index (Phi) is 2.71. The zero-order valence-electron chi connectivity index (χ0n) is 13.0. The number of rotatable bonds is 1. The topological polar surface area (TPSA) is 61.8 Å². The van der Waals surface area contributed by atoms with Gasteiger partial charge in [0.05, 0.1) is 5.71 Å². The molecule has 1 saturated carbocycles. The molecule has 22 heavy (non-hydrogen) atoms. The van der Waals surface area contributed by atoms with Crippen LogP contribution in [0.1, 0.15) is 37.3 Å². The molecule has 1 aromatic carbocycles. The minimum atomic E-state index is -0.0191. The molecule has 5 nitrogen and oxygen atoms in total. The first kappa shape index (κ1) is 13.5. The van der Waals surface area contributed by atoms with Gasteiger partial charge < -0.3 is 4.90 Å². The van der Waals surface area contributed by atoms with Gasteiger partial charge in [-0.15, -0.1) is 0 Å². The maximum absolute atomic E-state index is 12.2. The van der Waals surface area contributed by atoms with Gasteiger partial charge in [0.25, 0.3) is 0 Å². The standard InChI is InChI=1S/C17H19N3O2/c1-8-9(2)17(22)20(3)14-5-4-10(6-11(8)14)15-12-7-13(12)16(21)19-18-15/h4-6,8-9,12-13H,7H2,1-3H3,(H,19,21). The molecule has 1 aliphatic carbocycles. The number of carbonyl (C=O) groups excluding carboxylic acids is 2. The fraction of sp³-hybridized carbons (Fsp3) is 0.471. The van der Waals surface area contributed by atoms with Crippen LogP contribution in [0, 0.1) is 17.8 Å². The fourth-order valence-corrected chi connectivity index (χ4v) is 3.64. The molecule has 1 N–H and O–H groups in total. The lowest BCUT2D eigenvalue weighted by atomic mass is 9.82. The third-order valence-electron chi connectivity index (χ3n) is 5.41. The normalized spacial score (nSPS) is 32.9. The molecule has 5 heteroatoms. The second-order valence-electron chi connectivity index (χ2n) is 6.67. The Morgan fingerprint density at radius 3 is 2.73 bits per heavy atom. The Bertz CT molecular complexity index is 725. The molecular formula is C17H19N3O2. The summed E-state index contributed by atoms with van der Waals surface area (Å²) in [7, 11) is 1.83. The van der Waals surface area contributed by atoms with E-state index in [0.29, 0.717) is 0 Å². The number of hydrogen-bond acceptors (Lipinski definition) is 3. The van der Waals surface area contributed by atoms with Gasteiger partial charge in [0.15, 0.2) is 0 Å². The maximum atomic E-state index is 12.2. The SMILES string of the molecule is CC1C(=O)N(C)c2ccc(C3=NNC(=O)C4CC34)cc2C1C. The molecule has 2 amide bonds. The highest BCUT2D eigenvalue weighted by Crippen LogP contribution is 2.45. The van der Waals surface area contributed by atoms with Crippen molar-refractivity contribution in [1.82, 2.24) is 5.43 Å². The summed E-state index contributed by atoms with van der Waals surface area (Å²) >= 11 is 0. The van der Waals surface area contributed by atoms with E-state index < -0.39 is 0 Å². The molecule has 0 saturated heterocycles. The molecule has 0 spiro atoms. The van der Waals surface area contributed by atoms with Crippen molar-refractivity contribution in [1.29, 1.82) is 0 Å². The molecule has 0 aromatic heterocycles. The van der Waals surface area contributed by atoms with E-state index in [1.165, 1.54) is 5.56 Å². The first-order chi connectivity index (χ1) is 10.5. The van der Waals surface area contributed by atoms with Crippen molar-refractivity contribution < 1.29 is 9.59 Å². The van der Waals surface area contributed by atoms with Crippen molar-refractivity contribution in [3.63, 3.8) is 0 Å². The average molecular weight is 297 g/mol. The minimum Gasteiger partial charge on any atom is -0.315 e. The zero-order chi connectivity index (χ0) is 15.6. The third-order valence-corrected chi connectivity index (χ3v) is 5.41. The lowest BCUT2D eigenvalue weighted by molar-refractivity contribution is -0.123. The second kappa shape index (κ2) is 4.41. The van der Waals surface area contributed by atoms with Gasteiger partial charge in [0, 0.05) is 30.5 Å². The molecule has 1 fully saturated rings. The van der Waals surface area contributed by atoms with Crippen molar-refractivity contribution in [2.45, 2.75) is 26.2 Å². The Balaban J connectivity index is 1.76. The van der Waals surface area contributed by atoms with Crippen molar-refractivity contribution in [2.24, 2.45) is 22.9 Å². The van der Waals surface area contributed by atoms with Crippen LogP contribution >= 0.6 is 0 Å². The van der Waals surface area contributed by atoms with Crippen LogP contribution in [-0.2, 0) is 9.59 Å². The van der Waals surface area contributed by atoms with Crippen LogP contribution in [0.4, 0.5) is 5.69 Å². The average Bonchev–Trinajstić information content (AvgIpc) is 3.32. The quantitative estimate of drug-likeness (QED) is 0.860. The minimum absolute atomic E-state index is 0.0191. The summed E-state index contributed by atoms with van der Waals surface area (Å²) in [6, 6.07) is 6.16. The summed E-state index contributed by atoms with van der Waals surface area (Å²) in [5, 5.41) is 4.27. The predicted octanol–water partition coefficient (Wildman–Crippen LogP) is 1.87. The van der Waals surface area contributed by atoms with Gasteiger partial charge >= 0.3 is 0 Å². The number of hydrogen-bond donors (Lipinski definition) is 1. The Morgan fingerprint density at radius 2 is 1.95 bits per heavy atom. The lowest BCUT2D eigenvalue weighted by Crippen LogP contribution is -2.39. The van der Waals surface area contributed by atoms with Crippen LogP contribution in [0.3, 0.4) is 0 Å². The molecule has 2 heterocycles. The van der Waals surface area contributed by atoms with Crippen LogP contribution in [0.2, 0.25) is 0 Å².